The van der Waals surface area contributed by atoms with Crippen molar-refractivity contribution in [2.75, 3.05) is 0 Å². The number of carbonyl (C=O) groups excluding carboxylic acids is 1. The zero-order valence-corrected chi connectivity index (χ0v) is 29.8. The molecule has 1 N–H and O–H groups in total. The molecule has 4 aromatic carbocycles. The van der Waals surface area contributed by atoms with E-state index < -0.39 is 0 Å². The van der Waals surface area contributed by atoms with Crippen LogP contribution in [0, 0.1) is 38.7 Å². The molecule has 0 aliphatic carbocycles. The molecule has 2 heterocycles. The summed E-state index contributed by atoms with van der Waals surface area (Å²) in [5, 5.41) is 17.2. The first-order valence-corrected chi connectivity index (χ1v) is 16.0. The minimum absolute atomic E-state index is 0. The van der Waals surface area contributed by atoms with E-state index in [-0.39, 0.29) is 43.5 Å². The molecule has 0 saturated carbocycles. The van der Waals surface area contributed by atoms with Crippen LogP contribution in [0.5, 0.6) is 0 Å². The van der Waals surface area contributed by atoms with Crippen LogP contribution in [-0.2, 0) is 24.9 Å². The number of aromatic nitrogens is 2. The molecule has 2 aromatic heterocycles. The summed E-state index contributed by atoms with van der Waals surface area (Å²) in [5.74, 6) is 0.547. The molecule has 0 fully saturated rings. The molecular formula is C40H43IrN2O2-. The Hall–Kier alpha value is -3.66. The largest absolute Gasteiger partial charge is 0.512 e. The Bertz CT molecular complexity index is 1970. The number of allylic oxidation sites excluding steroid dienone is 2. The molecule has 0 spiro atoms. The van der Waals surface area contributed by atoms with E-state index in [1.807, 2.05) is 27.7 Å². The molecule has 0 unspecified atom stereocenters. The summed E-state index contributed by atoms with van der Waals surface area (Å²) >= 11 is 0. The Kier molecular flexibility index (Phi) is 11.1. The van der Waals surface area contributed by atoms with Gasteiger partial charge >= 0.3 is 0 Å². The maximum atomic E-state index is 11.7. The van der Waals surface area contributed by atoms with Crippen LogP contribution in [0.25, 0.3) is 54.6 Å². The first-order chi connectivity index (χ1) is 21.2. The zero-order valence-electron chi connectivity index (χ0n) is 27.4. The molecule has 0 saturated heterocycles. The molecule has 0 amide bonds. The van der Waals surface area contributed by atoms with Gasteiger partial charge in [0, 0.05) is 54.5 Å². The second-order valence-corrected chi connectivity index (χ2v) is 12.0. The van der Waals surface area contributed by atoms with Crippen molar-refractivity contribution in [1.82, 2.24) is 9.97 Å². The van der Waals surface area contributed by atoms with Gasteiger partial charge in [0.1, 0.15) is 0 Å². The Morgan fingerprint density at radius 2 is 1.31 bits per heavy atom. The number of aliphatic hydroxyl groups excluding tert-OH is 1. The molecule has 6 rings (SSSR count). The molecule has 0 aliphatic heterocycles. The van der Waals surface area contributed by atoms with Gasteiger partial charge in [0.05, 0.1) is 16.8 Å². The fourth-order valence-corrected chi connectivity index (χ4v) is 6.53. The van der Waals surface area contributed by atoms with Gasteiger partial charge in [0.15, 0.2) is 5.78 Å². The average Bonchev–Trinajstić information content (AvgIpc) is 3.00. The van der Waals surface area contributed by atoms with Crippen molar-refractivity contribution in [1.29, 1.82) is 0 Å². The summed E-state index contributed by atoms with van der Waals surface area (Å²) in [4.78, 5) is 21.6. The van der Waals surface area contributed by atoms with Gasteiger partial charge in [-0.2, -0.15) is 0 Å². The van der Waals surface area contributed by atoms with Gasteiger partial charge in [-0.3, -0.25) is 14.8 Å². The first-order valence-electron chi connectivity index (χ1n) is 16.0. The molecule has 0 aliphatic rings. The fraction of sp³-hybridized carbons (Fsp3) is 0.325. The molecule has 45 heavy (non-hydrogen) atoms. The van der Waals surface area contributed by atoms with Crippen LogP contribution in [-0.4, -0.2) is 20.9 Å². The SMILES string of the molecule is CCC(CC)C(=O)/C=C(\O)C(CC)CC.Cc1[c-]c(-c2cc3c4cc(C)nc5cccc(c6cccc(n2)c63)c54)cc(C)c1.[Ir]. The smallest absolute Gasteiger partial charge is 0.162 e. The summed E-state index contributed by atoms with van der Waals surface area (Å²) in [6.45, 7) is 14.4. The van der Waals surface area contributed by atoms with E-state index in [1.54, 1.807) is 0 Å². The summed E-state index contributed by atoms with van der Waals surface area (Å²) in [6, 6.07) is 25.1. The van der Waals surface area contributed by atoms with Crippen LogP contribution in [0.15, 0.2) is 72.5 Å². The number of hydrogen-bond acceptors (Lipinski definition) is 4. The van der Waals surface area contributed by atoms with Crippen molar-refractivity contribution in [2.45, 2.75) is 74.1 Å². The second kappa shape index (κ2) is 14.6. The average molecular weight is 776 g/mol. The Balaban J connectivity index is 0.000000249. The number of aliphatic hydroxyl groups is 1. The van der Waals surface area contributed by atoms with Crippen LogP contribution < -0.4 is 0 Å². The number of pyridine rings is 2. The zero-order chi connectivity index (χ0) is 31.5. The number of nitrogens with zero attached hydrogens (tertiary/aromatic N) is 2. The third-order valence-corrected chi connectivity index (χ3v) is 8.88. The van der Waals surface area contributed by atoms with Crippen molar-refractivity contribution >= 4 is 49.1 Å². The molecule has 5 heteroatoms. The van der Waals surface area contributed by atoms with E-state index in [2.05, 4.69) is 87.5 Å². The Morgan fingerprint density at radius 1 is 0.756 bits per heavy atom. The predicted octanol–water partition coefficient (Wildman–Crippen LogP) is 10.8. The molecule has 0 atom stereocenters. The molecule has 0 bridgehead atoms. The fourth-order valence-electron chi connectivity index (χ4n) is 6.53. The van der Waals surface area contributed by atoms with Crippen LogP contribution in [0.1, 0.15) is 70.2 Å². The number of hydrogen-bond donors (Lipinski definition) is 1. The number of rotatable bonds is 8. The minimum Gasteiger partial charge on any atom is -0.512 e. The number of fused-ring (bicyclic) bond motifs is 2. The molecule has 4 nitrogen and oxygen atoms in total. The maximum absolute atomic E-state index is 11.7. The number of aryl methyl sites for hydroxylation is 3. The molecule has 1 radical (unpaired) electrons. The van der Waals surface area contributed by atoms with Gasteiger partial charge in [-0.15, -0.1) is 34.9 Å². The van der Waals surface area contributed by atoms with Gasteiger partial charge in [-0.1, -0.05) is 71.9 Å². The number of ketones is 1. The molecule has 6 aromatic rings. The van der Waals surface area contributed by atoms with Crippen molar-refractivity contribution in [3.63, 3.8) is 0 Å². The van der Waals surface area contributed by atoms with E-state index >= 15 is 0 Å². The normalized spacial score (nSPS) is 11.9. The van der Waals surface area contributed by atoms with Crippen LogP contribution in [0.3, 0.4) is 0 Å². The van der Waals surface area contributed by atoms with Gasteiger partial charge in [-0.05, 0) is 78.0 Å². The topological polar surface area (TPSA) is 63.1 Å². The number of carbonyl (C=O) groups is 1. The van der Waals surface area contributed by atoms with Gasteiger partial charge < -0.3 is 5.11 Å². The second-order valence-electron chi connectivity index (χ2n) is 12.0. The van der Waals surface area contributed by atoms with Gasteiger partial charge in [0.25, 0.3) is 0 Å². The predicted molar refractivity (Wildman–Crippen MR) is 186 cm³/mol. The third-order valence-electron chi connectivity index (χ3n) is 8.88. The summed E-state index contributed by atoms with van der Waals surface area (Å²) < 4.78 is 0. The first kappa shape index (κ1) is 34.2. The Morgan fingerprint density at radius 3 is 1.87 bits per heavy atom. The monoisotopic (exact) mass is 776 g/mol. The third kappa shape index (κ3) is 6.95. The van der Waals surface area contributed by atoms with Crippen molar-refractivity contribution < 1.29 is 30.0 Å². The summed E-state index contributed by atoms with van der Waals surface area (Å²) in [5.41, 5.74) is 7.50. The molecule has 235 valence electrons. The van der Waals surface area contributed by atoms with E-state index in [0.717, 1.165) is 59.2 Å². The maximum Gasteiger partial charge on any atom is 0.162 e. The van der Waals surface area contributed by atoms with E-state index in [1.165, 1.54) is 44.0 Å². The summed E-state index contributed by atoms with van der Waals surface area (Å²) in [7, 11) is 0. The van der Waals surface area contributed by atoms with E-state index in [0.29, 0.717) is 0 Å². The quantitative estimate of drug-likeness (QED) is 0.0550. The standard InChI is InChI=1S/C27H19N2.C13H24O2.Ir/c1-15-10-16(2)12-18(11-15)25-14-22-21-13-17(3)28-23-8-4-6-19(26(21)23)20-7-5-9-24(29-25)27(20)22;1-5-10(6-2)12(14)9-13(15)11(7-3)8-4;/h4-11,13-14H,1-3H3;9-11,14H,5-8H2,1-4H3;/q-1;;/b;12-9-;. The minimum atomic E-state index is 0. The molecular weight excluding hydrogens is 733 g/mol. The van der Waals surface area contributed by atoms with Crippen molar-refractivity contribution in [3.05, 3.63) is 95.4 Å². The van der Waals surface area contributed by atoms with Crippen molar-refractivity contribution in [3.8, 4) is 11.3 Å². The van der Waals surface area contributed by atoms with Crippen molar-refractivity contribution in [2.24, 2.45) is 11.8 Å². The number of benzene rings is 4. The Labute approximate surface area is 280 Å². The summed E-state index contributed by atoms with van der Waals surface area (Å²) in [6.07, 6.45) is 4.91. The van der Waals surface area contributed by atoms with Crippen LogP contribution >= 0.6 is 0 Å². The van der Waals surface area contributed by atoms with Crippen LogP contribution in [0.2, 0.25) is 0 Å². The van der Waals surface area contributed by atoms with Gasteiger partial charge in [-0.25, -0.2) is 0 Å². The van der Waals surface area contributed by atoms with Crippen LogP contribution in [0.4, 0.5) is 0 Å². The van der Waals surface area contributed by atoms with Gasteiger partial charge in [0.2, 0.25) is 0 Å². The van der Waals surface area contributed by atoms with E-state index in [4.69, 9.17) is 9.97 Å². The van der Waals surface area contributed by atoms with E-state index in [9.17, 15) is 9.90 Å².